The standard InChI is InChI=1S/C15H25N3O/c1-4-6-7-11-18(3)15(19)13-8-10-16-12-14(13)17-9-5-2/h8,10,12,17H,4-7,9,11H2,1-3H3. The highest BCUT2D eigenvalue weighted by Crippen LogP contribution is 2.15. The fraction of sp³-hybridized carbons (Fsp3) is 0.600. The van der Waals surface area contributed by atoms with E-state index >= 15 is 0 Å². The van der Waals surface area contributed by atoms with Crippen LogP contribution in [0.5, 0.6) is 0 Å². The lowest BCUT2D eigenvalue weighted by molar-refractivity contribution is 0.0793. The molecule has 0 fully saturated rings. The molecule has 0 aliphatic carbocycles. The van der Waals surface area contributed by atoms with Gasteiger partial charge in [0.2, 0.25) is 0 Å². The molecular formula is C15H25N3O. The Hall–Kier alpha value is -1.58. The zero-order valence-corrected chi connectivity index (χ0v) is 12.3. The van der Waals surface area contributed by atoms with E-state index in [-0.39, 0.29) is 5.91 Å². The van der Waals surface area contributed by atoms with Crippen LogP contribution in [0.15, 0.2) is 18.5 Å². The molecule has 0 radical (unpaired) electrons. The highest BCUT2D eigenvalue weighted by Gasteiger charge is 2.15. The predicted octanol–water partition coefficient (Wildman–Crippen LogP) is 3.17. The van der Waals surface area contributed by atoms with Gasteiger partial charge in [0.05, 0.1) is 17.4 Å². The van der Waals surface area contributed by atoms with Crippen LogP contribution in [-0.4, -0.2) is 35.9 Å². The van der Waals surface area contributed by atoms with E-state index in [1.54, 1.807) is 23.4 Å². The molecule has 1 rings (SSSR count). The van der Waals surface area contributed by atoms with Crippen molar-refractivity contribution in [3.63, 3.8) is 0 Å². The van der Waals surface area contributed by atoms with Crippen LogP contribution in [0.4, 0.5) is 5.69 Å². The van der Waals surface area contributed by atoms with E-state index in [4.69, 9.17) is 0 Å². The molecule has 0 unspecified atom stereocenters. The van der Waals surface area contributed by atoms with Crippen LogP contribution in [0.1, 0.15) is 49.9 Å². The van der Waals surface area contributed by atoms with Crippen LogP contribution in [0.2, 0.25) is 0 Å². The van der Waals surface area contributed by atoms with Crippen LogP contribution >= 0.6 is 0 Å². The van der Waals surface area contributed by atoms with Crippen molar-refractivity contribution in [1.29, 1.82) is 0 Å². The van der Waals surface area contributed by atoms with E-state index in [1.165, 1.54) is 6.42 Å². The molecular weight excluding hydrogens is 238 g/mol. The van der Waals surface area contributed by atoms with Gasteiger partial charge in [-0.05, 0) is 18.9 Å². The molecule has 0 spiro atoms. The number of nitrogens with zero attached hydrogens (tertiary/aromatic N) is 2. The van der Waals surface area contributed by atoms with Crippen LogP contribution in [0.25, 0.3) is 0 Å². The maximum atomic E-state index is 12.4. The second kappa shape index (κ2) is 8.51. The SMILES string of the molecule is CCCCCN(C)C(=O)c1ccncc1NCCC. The van der Waals surface area contributed by atoms with Gasteiger partial charge in [0.1, 0.15) is 0 Å². The number of anilines is 1. The van der Waals surface area contributed by atoms with Crippen molar-refractivity contribution in [2.45, 2.75) is 39.5 Å². The summed E-state index contributed by atoms with van der Waals surface area (Å²) < 4.78 is 0. The fourth-order valence-corrected chi connectivity index (χ4v) is 1.89. The average Bonchev–Trinajstić information content (AvgIpc) is 2.44. The molecule has 1 amide bonds. The van der Waals surface area contributed by atoms with Crippen LogP contribution < -0.4 is 5.32 Å². The summed E-state index contributed by atoms with van der Waals surface area (Å²) in [6.07, 6.45) is 7.80. The van der Waals surface area contributed by atoms with Gasteiger partial charge >= 0.3 is 0 Å². The van der Waals surface area contributed by atoms with Gasteiger partial charge in [-0.25, -0.2) is 0 Å². The number of carbonyl (C=O) groups is 1. The Morgan fingerprint density at radius 3 is 2.79 bits per heavy atom. The van der Waals surface area contributed by atoms with Gasteiger partial charge in [0, 0.05) is 26.3 Å². The van der Waals surface area contributed by atoms with Crippen molar-refractivity contribution in [2.75, 3.05) is 25.5 Å². The topological polar surface area (TPSA) is 45.2 Å². The Kier molecular flexibility index (Phi) is 6.93. The summed E-state index contributed by atoms with van der Waals surface area (Å²) in [5.41, 5.74) is 1.54. The van der Waals surface area contributed by atoms with E-state index in [2.05, 4.69) is 24.1 Å². The third-order valence-corrected chi connectivity index (χ3v) is 3.06. The van der Waals surface area contributed by atoms with E-state index < -0.39 is 0 Å². The summed E-state index contributed by atoms with van der Waals surface area (Å²) in [4.78, 5) is 18.3. The summed E-state index contributed by atoms with van der Waals surface area (Å²) in [7, 11) is 1.86. The lowest BCUT2D eigenvalue weighted by atomic mass is 10.2. The van der Waals surface area contributed by atoms with E-state index in [1.807, 2.05) is 7.05 Å². The summed E-state index contributed by atoms with van der Waals surface area (Å²) in [5, 5.41) is 3.26. The third kappa shape index (κ3) is 4.89. The molecule has 1 aromatic heterocycles. The average molecular weight is 263 g/mol. The number of unbranched alkanes of at least 4 members (excludes halogenated alkanes) is 2. The van der Waals surface area contributed by atoms with Gasteiger partial charge < -0.3 is 10.2 Å². The molecule has 19 heavy (non-hydrogen) atoms. The highest BCUT2D eigenvalue weighted by molar-refractivity contribution is 5.99. The fourth-order valence-electron chi connectivity index (χ4n) is 1.89. The number of rotatable bonds is 8. The van der Waals surface area contributed by atoms with E-state index in [9.17, 15) is 4.79 Å². The van der Waals surface area contributed by atoms with Gasteiger partial charge in [0.15, 0.2) is 0 Å². The quantitative estimate of drug-likeness (QED) is 0.733. The summed E-state index contributed by atoms with van der Waals surface area (Å²) in [6.45, 7) is 5.92. The minimum atomic E-state index is 0.0668. The third-order valence-electron chi connectivity index (χ3n) is 3.06. The zero-order valence-electron chi connectivity index (χ0n) is 12.3. The Labute approximate surface area is 116 Å². The van der Waals surface area contributed by atoms with E-state index in [0.717, 1.165) is 38.0 Å². The first kappa shape index (κ1) is 15.5. The minimum absolute atomic E-state index is 0.0668. The number of hydrogen-bond acceptors (Lipinski definition) is 3. The zero-order chi connectivity index (χ0) is 14.1. The Morgan fingerprint density at radius 1 is 1.32 bits per heavy atom. The van der Waals surface area contributed by atoms with Crippen molar-refractivity contribution in [3.05, 3.63) is 24.0 Å². The molecule has 4 heteroatoms. The molecule has 0 saturated carbocycles. The molecule has 0 aliphatic heterocycles. The normalized spacial score (nSPS) is 10.3. The number of amides is 1. The number of aromatic nitrogens is 1. The lowest BCUT2D eigenvalue weighted by Crippen LogP contribution is -2.28. The number of pyridine rings is 1. The Bertz CT molecular complexity index is 393. The van der Waals surface area contributed by atoms with Gasteiger partial charge in [-0.2, -0.15) is 0 Å². The summed E-state index contributed by atoms with van der Waals surface area (Å²) in [6, 6.07) is 1.79. The van der Waals surface area contributed by atoms with Crippen LogP contribution in [0.3, 0.4) is 0 Å². The monoisotopic (exact) mass is 263 g/mol. The number of carbonyl (C=O) groups excluding carboxylic acids is 1. The molecule has 0 bridgehead atoms. The first-order valence-electron chi connectivity index (χ1n) is 7.14. The maximum Gasteiger partial charge on any atom is 0.255 e. The number of hydrogen-bond donors (Lipinski definition) is 1. The predicted molar refractivity (Wildman–Crippen MR) is 79.5 cm³/mol. The van der Waals surface area contributed by atoms with Gasteiger partial charge in [-0.1, -0.05) is 26.7 Å². The molecule has 0 atom stereocenters. The van der Waals surface area contributed by atoms with E-state index in [0.29, 0.717) is 5.56 Å². The molecule has 106 valence electrons. The molecule has 0 saturated heterocycles. The minimum Gasteiger partial charge on any atom is -0.383 e. The highest BCUT2D eigenvalue weighted by atomic mass is 16.2. The summed E-state index contributed by atoms with van der Waals surface area (Å²) in [5.74, 6) is 0.0668. The van der Waals surface area contributed by atoms with Crippen molar-refractivity contribution in [1.82, 2.24) is 9.88 Å². The van der Waals surface area contributed by atoms with Crippen molar-refractivity contribution < 1.29 is 4.79 Å². The van der Waals surface area contributed by atoms with Gasteiger partial charge in [-0.3, -0.25) is 9.78 Å². The molecule has 1 N–H and O–H groups in total. The second-order valence-corrected chi connectivity index (χ2v) is 4.78. The van der Waals surface area contributed by atoms with Crippen LogP contribution in [-0.2, 0) is 0 Å². The Morgan fingerprint density at radius 2 is 2.11 bits per heavy atom. The van der Waals surface area contributed by atoms with Crippen molar-refractivity contribution in [2.24, 2.45) is 0 Å². The molecule has 4 nitrogen and oxygen atoms in total. The first-order valence-corrected chi connectivity index (χ1v) is 7.14. The second-order valence-electron chi connectivity index (χ2n) is 4.78. The van der Waals surface area contributed by atoms with Crippen molar-refractivity contribution >= 4 is 11.6 Å². The molecule has 0 aliphatic rings. The number of nitrogens with one attached hydrogen (secondary N) is 1. The largest absolute Gasteiger partial charge is 0.383 e. The van der Waals surface area contributed by atoms with Crippen molar-refractivity contribution in [3.8, 4) is 0 Å². The molecule has 0 aromatic carbocycles. The lowest BCUT2D eigenvalue weighted by Gasteiger charge is -2.19. The maximum absolute atomic E-state index is 12.4. The molecule has 1 heterocycles. The summed E-state index contributed by atoms with van der Waals surface area (Å²) >= 11 is 0. The van der Waals surface area contributed by atoms with Crippen LogP contribution in [0, 0.1) is 0 Å². The van der Waals surface area contributed by atoms with Gasteiger partial charge in [-0.15, -0.1) is 0 Å². The Balaban J connectivity index is 2.69. The smallest absolute Gasteiger partial charge is 0.255 e. The first-order chi connectivity index (χ1) is 9.20. The van der Waals surface area contributed by atoms with Gasteiger partial charge in [0.25, 0.3) is 5.91 Å². The molecule has 1 aromatic rings.